The van der Waals surface area contributed by atoms with E-state index < -0.39 is 21.7 Å². The van der Waals surface area contributed by atoms with E-state index in [-0.39, 0.29) is 36.1 Å². The highest BCUT2D eigenvalue weighted by atomic mass is 32.2. The molecule has 1 aromatic heterocycles. The molecule has 1 saturated carbocycles. The standard InChI is InChI=1S/C28H33F2N5O3S/c1-39(37,38)33-24-9-5-6-10-25(24)35-18-32-26(27(35)20-7-3-2-4-8-20)28(36)34-12-11-31-17-23(34)15-19-13-21(29)16-22(30)14-19/h2-4,7-8,13-14,16,18,23-25,31,33H,5-6,9-12,15,17H2,1H3/t23-,24?,25+/m1/s1. The van der Waals surface area contributed by atoms with Crippen LogP contribution < -0.4 is 10.0 Å². The van der Waals surface area contributed by atoms with Gasteiger partial charge in [-0.1, -0.05) is 43.2 Å². The molecule has 1 amide bonds. The van der Waals surface area contributed by atoms with E-state index in [2.05, 4.69) is 15.0 Å². The number of halogens is 2. The minimum atomic E-state index is -3.43. The third kappa shape index (κ3) is 6.37. The van der Waals surface area contributed by atoms with Crippen molar-refractivity contribution in [3.8, 4) is 11.3 Å². The summed E-state index contributed by atoms with van der Waals surface area (Å²) in [6.07, 6.45) is 6.38. The summed E-state index contributed by atoms with van der Waals surface area (Å²) in [7, 11) is -3.43. The number of amides is 1. The molecule has 5 rings (SSSR count). The monoisotopic (exact) mass is 557 g/mol. The van der Waals surface area contributed by atoms with E-state index in [1.54, 1.807) is 11.2 Å². The summed E-state index contributed by atoms with van der Waals surface area (Å²) in [4.78, 5) is 20.4. The molecule has 0 spiro atoms. The van der Waals surface area contributed by atoms with Gasteiger partial charge in [0.25, 0.3) is 5.91 Å². The normalized spacial score (nSPS) is 22.1. The van der Waals surface area contributed by atoms with E-state index in [1.165, 1.54) is 12.1 Å². The molecular formula is C28H33F2N5O3S. The van der Waals surface area contributed by atoms with E-state index in [1.807, 2.05) is 34.9 Å². The van der Waals surface area contributed by atoms with Crippen molar-refractivity contribution in [3.05, 3.63) is 77.8 Å². The lowest BCUT2D eigenvalue weighted by Crippen LogP contribution is -2.54. The summed E-state index contributed by atoms with van der Waals surface area (Å²) >= 11 is 0. The van der Waals surface area contributed by atoms with Crippen LogP contribution in [0.5, 0.6) is 0 Å². The van der Waals surface area contributed by atoms with Gasteiger partial charge in [-0.2, -0.15) is 0 Å². The number of sulfonamides is 1. The summed E-state index contributed by atoms with van der Waals surface area (Å²) in [6.45, 7) is 1.49. The molecule has 8 nitrogen and oxygen atoms in total. The Morgan fingerprint density at radius 3 is 2.54 bits per heavy atom. The molecule has 2 aromatic carbocycles. The quantitative estimate of drug-likeness (QED) is 0.464. The highest BCUT2D eigenvalue weighted by Gasteiger charge is 2.35. The van der Waals surface area contributed by atoms with Crippen molar-refractivity contribution in [2.24, 2.45) is 0 Å². The maximum absolute atomic E-state index is 14.1. The number of hydrogen-bond acceptors (Lipinski definition) is 5. The van der Waals surface area contributed by atoms with E-state index in [9.17, 15) is 22.0 Å². The second-order valence-corrected chi connectivity index (χ2v) is 12.2. The van der Waals surface area contributed by atoms with Crippen LogP contribution in [-0.2, 0) is 16.4 Å². The molecule has 1 saturated heterocycles. The van der Waals surface area contributed by atoms with Crippen molar-refractivity contribution in [1.29, 1.82) is 0 Å². The number of aromatic nitrogens is 2. The van der Waals surface area contributed by atoms with Gasteiger partial charge >= 0.3 is 0 Å². The van der Waals surface area contributed by atoms with Crippen LogP contribution in [0.4, 0.5) is 8.78 Å². The maximum atomic E-state index is 14.1. The first-order chi connectivity index (χ1) is 18.7. The zero-order chi connectivity index (χ0) is 27.6. The third-order valence-electron chi connectivity index (χ3n) is 7.50. The molecule has 39 heavy (non-hydrogen) atoms. The summed E-state index contributed by atoms with van der Waals surface area (Å²) in [5, 5.41) is 3.28. The van der Waals surface area contributed by atoms with Crippen molar-refractivity contribution >= 4 is 15.9 Å². The Kier molecular flexibility index (Phi) is 8.11. The molecule has 0 bridgehead atoms. The Hall–Kier alpha value is -3.15. The van der Waals surface area contributed by atoms with E-state index >= 15 is 0 Å². The first kappa shape index (κ1) is 27.4. The average Bonchev–Trinajstić information content (AvgIpc) is 3.33. The minimum absolute atomic E-state index is 0.202. The van der Waals surface area contributed by atoms with Gasteiger partial charge in [0.05, 0.1) is 24.3 Å². The van der Waals surface area contributed by atoms with E-state index in [0.29, 0.717) is 37.3 Å². The van der Waals surface area contributed by atoms with Crippen LogP contribution in [0.25, 0.3) is 11.3 Å². The molecule has 2 heterocycles. The largest absolute Gasteiger partial charge is 0.331 e. The lowest BCUT2D eigenvalue weighted by Gasteiger charge is -2.36. The van der Waals surface area contributed by atoms with E-state index in [4.69, 9.17) is 0 Å². The van der Waals surface area contributed by atoms with Crippen LogP contribution in [0, 0.1) is 11.6 Å². The van der Waals surface area contributed by atoms with Gasteiger partial charge in [-0.05, 0) is 37.0 Å². The number of nitrogens with zero attached hydrogens (tertiary/aromatic N) is 3. The number of rotatable bonds is 7. The highest BCUT2D eigenvalue weighted by Crippen LogP contribution is 2.35. The van der Waals surface area contributed by atoms with Gasteiger partial charge in [-0.15, -0.1) is 0 Å². The molecule has 1 aliphatic heterocycles. The lowest BCUT2D eigenvalue weighted by molar-refractivity contribution is 0.0631. The van der Waals surface area contributed by atoms with Gasteiger partial charge in [0, 0.05) is 43.3 Å². The average molecular weight is 558 g/mol. The number of hydrogen-bond donors (Lipinski definition) is 2. The molecule has 1 unspecified atom stereocenters. The Morgan fingerprint density at radius 2 is 1.82 bits per heavy atom. The molecule has 3 aromatic rings. The summed E-state index contributed by atoms with van der Waals surface area (Å²) in [5.41, 5.74) is 2.20. The molecule has 2 aliphatic rings. The Morgan fingerprint density at radius 1 is 1.10 bits per heavy atom. The van der Waals surface area contributed by atoms with Gasteiger partial charge in [0.2, 0.25) is 10.0 Å². The molecule has 1 aliphatic carbocycles. The number of benzene rings is 2. The van der Waals surface area contributed by atoms with Gasteiger partial charge < -0.3 is 14.8 Å². The fourth-order valence-corrected chi connectivity index (χ4v) is 6.68. The number of carbonyl (C=O) groups is 1. The number of carbonyl (C=O) groups excluding carboxylic acids is 1. The first-order valence-corrected chi connectivity index (χ1v) is 15.1. The van der Waals surface area contributed by atoms with Crippen molar-refractivity contribution < 1.29 is 22.0 Å². The van der Waals surface area contributed by atoms with E-state index in [0.717, 1.165) is 37.1 Å². The molecule has 0 radical (unpaired) electrons. The van der Waals surface area contributed by atoms with Gasteiger partial charge in [0.1, 0.15) is 11.6 Å². The second kappa shape index (κ2) is 11.5. The zero-order valence-corrected chi connectivity index (χ0v) is 22.6. The fraction of sp³-hybridized carbons (Fsp3) is 0.429. The number of imidazole rings is 1. The number of nitrogens with one attached hydrogen (secondary N) is 2. The Labute approximate surface area is 227 Å². The van der Waals surface area contributed by atoms with Crippen LogP contribution in [0.1, 0.15) is 47.8 Å². The molecule has 208 valence electrons. The van der Waals surface area contributed by atoms with Crippen molar-refractivity contribution in [1.82, 2.24) is 24.5 Å². The first-order valence-electron chi connectivity index (χ1n) is 13.3. The van der Waals surface area contributed by atoms with Crippen molar-refractivity contribution in [2.45, 2.75) is 50.2 Å². The van der Waals surface area contributed by atoms with Gasteiger partial charge in [-0.25, -0.2) is 26.9 Å². The second-order valence-electron chi connectivity index (χ2n) is 10.4. The fourth-order valence-electron chi connectivity index (χ4n) is 5.86. The third-order valence-corrected chi connectivity index (χ3v) is 8.23. The molecule has 2 N–H and O–H groups in total. The zero-order valence-electron chi connectivity index (χ0n) is 21.8. The minimum Gasteiger partial charge on any atom is -0.331 e. The van der Waals surface area contributed by atoms with Crippen LogP contribution in [0.2, 0.25) is 0 Å². The van der Waals surface area contributed by atoms with Crippen molar-refractivity contribution in [3.63, 3.8) is 0 Å². The SMILES string of the molecule is CS(=O)(=O)NC1CCCC[C@@H]1n1cnc(C(=O)N2CCNC[C@H]2Cc2cc(F)cc(F)c2)c1-c1ccccc1. The molecular weight excluding hydrogens is 524 g/mol. The summed E-state index contributed by atoms with van der Waals surface area (Å²) in [6, 6.07) is 12.1. The topological polar surface area (TPSA) is 96.3 Å². The molecule has 11 heteroatoms. The van der Waals surface area contributed by atoms with Crippen LogP contribution in [-0.4, -0.2) is 66.7 Å². The predicted octanol–water partition coefficient (Wildman–Crippen LogP) is 3.52. The van der Waals surface area contributed by atoms with Crippen LogP contribution in [0.15, 0.2) is 54.9 Å². The smallest absolute Gasteiger partial charge is 0.275 e. The molecule has 3 atom stereocenters. The predicted molar refractivity (Wildman–Crippen MR) is 145 cm³/mol. The Bertz CT molecular complexity index is 1410. The van der Waals surface area contributed by atoms with Crippen LogP contribution in [0.3, 0.4) is 0 Å². The van der Waals surface area contributed by atoms with Crippen LogP contribution >= 0.6 is 0 Å². The maximum Gasteiger partial charge on any atom is 0.275 e. The van der Waals surface area contributed by atoms with Gasteiger partial charge in [-0.3, -0.25) is 4.79 Å². The summed E-state index contributed by atoms with van der Waals surface area (Å²) in [5.74, 6) is -1.57. The lowest BCUT2D eigenvalue weighted by atomic mass is 9.90. The number of piperazine rings is 1. The highest BCUT2D eigenvalue weighted by molar-refractivity contribution is 7.88. The Balaban J connectivity index is 1.51. The van der Waals surface area contributed by atoms with Gasteiger partial charge in [0.15, 0.2) is 5.69 Å². The van der Waals surface area contributed by atoms with Crippen molar-refractivity contribution in [2.75, 3.05) is 25.9 Å². The molecule has 2 fully saturated rings. The summed E-state index contributed by atoms with van der Waals surface area (Å²) < 4.78 is 56.7.